The van der Waals surface area contributed by atoms with Gasteiger partial charge in [-0.05, 0) is 23.8 Å². The third-order valence-corrected chi connectivity index (χ3v) is 2.46. The van der Waals surface area contributed by atoms with Gasteiger partial charge in [-0.1, -0.05) is 6.07 Å². The number of nitrogens with zero attached hydrogens (tertiary/aromatic N) is 1. The Kier molecular flexibility index (Phi) is 2.47. The fourth-order valence-electron chi connectivity index (χ4n) is 1.48. The molecule has 1 aliphatic rings. The van der Waals surface area contributed by atoms with Crippen molar-refractivity contribution in [2.24, 2.45) is 0 Å². The number of hydrogen-bond acceptors (Lipinski definition) is 4. The Balaban J connectivity index is 2.39. The molecule has 0 unspecified atom stereocenters. The number of phenolic OH excluding ortho intramolecular Hbond substituents is 2. The number of hydrogen-bond donors (Lipinski definition) is 4. The summed E-state index contributed by atoms with van der Waals surface area (Å²) in [6.45, 7) is 0. The third-order valence-electron chi connectivity index (χ3n) is 2.46. The number of carbonyl (C=O) groups is 1. The molecule has 2 rings (SSSR count). The van der Waals surface area contributed by atoms with Gasteiger partial charge in [0.15, 0.2) is 11.5 Å². The average Bonchev–Trinajstić information content (AvgIpc) is 2.50. The first-order valence-corrected chi connectivity index (χ1v) is 4.86. The second-order valence-corrected chi connectivity index (χ2v) is 3.64. The smallest absolute Gasteiger partial charge is 0.274 e. The van der Waals surface area contributed by atoms with Gasteiger partial charge in [-0.25, -0.2) is 0 Å². The number of phenols is 2. The van der Waals surface area contributed by atoms with Crippen molar-refractivity contribution in [3.05, 3.63) is 29.5 Å². The van der Waals surface area contributed by atoms with Crippen LogP contribution in [0.5, 0.6) is 11.5 Å². The van der Waals surface area contributed by atoms with Gasteiger partial charge in [-0.15, -0.1) is 0 Å². The molecule has 88 valence electrons. The molecule has 1 aromatic rings. The van der Waals surface area contributed by atoms with Crippen LogP contribution in [0.1, 0.15) is 5.56 Å². The van der Waals surface area contributed by atoms with Crippen LogP contribution in [0.3, 0.4) is 0 Å². The van der Waals surface area contributed by atoms with Gasteiger partial charge < -0.3 is 15.1 Å². The lowest BCUT2D eigenvalue weighted by Gasteiger charge is -2.09. The molecule has 1 heterocycles. The molecule has 1 amide bonds. The van der Waals surface area contributed by atoms with Crippen molar-refractivity contribution in [1.82, 2.24) is 10.2 Å². The summed E-state index contributed by atoms with van der Waals surface area (Å²) in [5.41, 5.74) is 0.868. The van der Waals surface area contributed by atoms with Gasteiger partial charge in [0.05, 0.1) is 0 Å². The SMILES string of the molecule is CN1C(=N)NC(=O)/C1=C\c1ccc(O)c(O)c1. The number of benzene rings is 1. The van der Waals surface area contributed by atoms with Crippen LogP contribution in [-0.2, 0) is 4.79 Å². The number of nitrogens with one attached hydrogen (secondary N) is 2. The molecule has 6 nitrogen and oxygen atoms in total. The first-order chi connectivity index (χ1) is 7.99. The summed E-state index contributed by atoms with van der Waals surface area (Å²) in [4.78, 5) is 12.9. The number of amides is 1. The molecule has 1 aromatic carbocycles. The minimum atomic E-state index is -0.370. The van der Waals surface area contributed by atoms with Crippen LogP contribution in [0.25, 0.3) is 6.08 Å². The molecule has 17 heavy (non-hydrogen) atoms. The molecule has 0 spiro atoms. The predicted octanol–water partition coefficient (Wildman–Crippen LogP) is 0.435. The van der Waals surface area contributed by atoms with E-state index in [1.54, 1.807) is 13.1 Å². The molecular weight excluding hydrogens is 222 g/mol. The van der Waals surface area contributed by atoms with Crippen LogP contribution < -0.4 is 5.32 Å². The highest BCUT2D eigenvalue weighted by molar-refractivity contribution is 6.14. The molecule has 4 N–H and O–H groups in total. The third kappa shape index (κ3) is 1.92. The van der Waals surface area contributed by atoms with E-state index in [-0.39, 0.29) is 23.4 Å². The molecule has 1 aliphatic heterocycles. The molecule has 1 fully saturated rings. The first-order valence-electron chi connectivity index (χ1n) is 4.86. The van der Waals surface area contributed by atoms with Gasteiger partial charge in [0.1, 0.15) is 5.70 Å². The Bertz CT molecular complexity index is 537. The summed E-state index contributed by atoms with van der Waals surface area (Å²) in [7, 11) is 1.59. The van der Waals surface area contributed by atoms with E-state index in [2.05, 4.69) is 5.32 Å². The van der Waals surface area contributed by atoms with Crippen LogP contribution in [-0.4, -0.2) is 34.0 Å². The predicted molar refractivity (Wildman–Crippen MR) is 61.4 cm³/mol. The normalized spacial score (nSPS) is 17.7. The van der Waals surface area contributed by atoms with Crippen molar-refractivity contribution in [3.63, 3.8) is 0 Å². The summed E-state index contributed by atoms with van der Waals surface area (Å²) in [5, 5.41) is 28.3. The van der Waals surface area contributed by atoms with E-state index in [0.29, 0.717) is 11.3 Å². The maximum absolute atomic E-state index is 11.5. The van der Waals surface area contributed by atoms with Crippen LogP contribution in [0.2, 0.25) is 0 Å². The van der Waals surface area contributed by atoms with E-state index in [1.807, 2.05) is 0 Å². The van der Waals surface area contributed by atoms with Crippen molar-refractivity contribution in [1.29, 1.82) is 5.41 Å². The standard InChI is InChI=1S/C11H11N3O3/c1-14-7(10(17)13-11(14)12)4-6-2-3-8(15)9(16)5-6/h2-5,15-16H,1H3,(H2,12,13,17)/b7-4+. The molecule has 6 heteroatoms. The molecule has 0 aromatic heterocycles. The highest BCUT2D eigenvalue weighted by Crippen LogP contribution is 2.26. The highest BCUT2D eigenvalue weighted by atomic mass is 16.3. The van der Waals surface area contributed by atoms with E-state index in [1.165, 1.54) is 23.1 Å². The Morgan fingerprint density at radius 3 is 2.59 bits per heavy atom. The average molecular weight is 233 g/mol. The van der Waals surface area contributed by atoms with Gasteiger partial charge in [0, 0.05) is 7.05 Å². The molecule has 1 saturated heterocycles. The fraction of sp³-hybridized carbons (Fsp3) is 0.0909. The quantitative estimate of drug-likeness (QED) is 0.418. The number of guanidine groups is 1. The van der Waals surface area contributed by atoms with Gasteiger partial charge in [0.2, 0.25) is 5.96 Å². The minimum absolute atomic E-state index is 0.00394. The molecule has 0 radical (unpaired) electrons. The molecular formula is C11H11N3O3. The number of likely N-dealkylation sites (N-methyl/N-ethyl adjacent to an activating group) is 1. The molecule has 0 atom stereocenters. The zero-order valence-electron chi connectivity index (χ0n) is 9.06. The second kappa shape index (κ2) is 3.82. The van der Waals surface area contributed by atoms with Crippen LogP contribution >= 0.6 is 0 Å². The summed E-state index contributed by atoms with van der Waals surface area (Å²) >= 11 is 0. The van der Waals surface area contributed by atoms with Crippen LogP contribution in [0.15, 0.2) is 23.9 Å². The Morgan fingerprint density at radius 1 is 1.35 bits per heavy atom. The zero-order valence-corrected chi connectivity index (χ0v) is 9.06. The number of aromatic hydroxyl groups is 2. The largest absolute Gasteiger partial charge is 0.504 e. The summed E-state index contributed by atoms with van der Waals surface area (Å²) < 4.78 is 0. The van der Waals surface area contributed by atoms with Crippen molar-refractivity contribution < 1.29 is 15.0 Å². The zero-order chi connectivity index (χ0) is 12.6. The maximum Gasteiger partial charge on any atom is 0.274 e. The summed E-state index contributed by atoms with van der Waals surface area (Å²) in [5.74, 6) is -0.839. The Hall–Kier alpha value is -2.50. The molecule has 0 aliphatic carbocycles. The van der Waals surface area contributed by atoms with E-state index >= 15 is 0 Å². The maximum atomic E-state index is 11.5. The lowest BCUT2D eigenvalue weighted by molar-refractivity contribution is -0.115. The topological polar surface area (TPSA) is 96.7 Å². The number of rotatable bonds is 1. The molecule has 0 bridgehead atoms. The van der Waals surface area contributed by atoms with Gasteiger partial charge in [-0.3, -0.25) is 15.5 Å². The summed E-state index contributed by atoms with van der Waals surface area (Å²) in [6, 6.07) is 4.23. The summed E-state index contributed by atoms with van der Waals surface area (Å²) in [6.07, 6.45) is 1.52. The Morgan fingerprint density at radius 2 is 2.06 bits per heavy atom. The lowest BCUT2D eigenvalue weighted by atomic mass is 10.1. The van der Waals surface area contributed by atoms with Gasteiger partial charge in [0.25, 0.3) is 5.91 Å². The van der Waals surface area contributed by atoms with Gasteiger partial charge >= 0.3 is 0 Å². The Labute approximate surface area is 97.3 Å². The van der Waals surface area contributed by atoms with Crippen LogP contribution in [0, 0.1) is 5.41 Å². The highest BCUT2D eigenvalue weighted by Gasteiger charge is 2.26. The second-order valence-electron chi connectivity index (χ2n) is 3.64. The van der Waals surface area contributed by atoms with E-state index < -0.39 is 0 Å². The fourth-order valence-corrected chi connectivity index (χ4v) is 1.48. The first kappa shape index (κ1) is 11.0. The van der Waals surface area contributed by atoms with Crippen molar-refractivity contribution in [3.8, 4) is 11.5 Å². The van der Waals surface area contributed by atoms with E-state index in [9.17, 15) is 9.90 Å². The monoisotopic (exact) mass is 233 g/mol. The molecule has 0 saturated carbocycles. The van der Waals surface area contributed by atoms with Crippen LogP contribution in [0.4, 0.5) is 0 Å². The van der Waals surface area contributed by atoms with Gasteiger partial charge in [-0.2, -0.15) is 0 Å². The number of carbonyl (C=O) groups excluding carboxylic acids is 1. The van der Waals surface area contributed by atoms with E-state index in [0.717, 1.165) is 0 Å². The van der Waals surface area contributed by atoms with Crippen molar-refractivity contribution in [2.75, 3.05) is 7.05 Å². The van der Waals surface area contributed by atoms with E-state index in [4.69, 9.17) is 10.5 Å². The lowest BCUT2D eigenvalue weighted by Crippen LogP contribution is -2.25. The van der Waals surface area contributed by atoms with Crippen molar-refractivity contribution >= 4 is 17.9 Å². The van der Waals surface area contributed by atoms with Crippen molar-refractivity contribution in [2.45, 2.75) is 0 Å². The minimum Gasteiger partial charge on any atom is -0.504 e.